The van der Waals surface area contributed by atoms with Gasteiger partial charge < -0.3 is 10.4 Å². The van der Waals surface area contributed by atoms with E-state index in [0.29, 0.717) is 6.42 Å². The molecule has 5 heteroatoms. The minimum atomic E-state index is -0.882. The van der Waals surface area contributed by atoms with Crippen molar-refractivity contribution in [3.63, 3.8) is 0 Å². The summed E-state index contributed by atoms with van der Waals surface area (Å²) in [5.41, 5.74) is -0.823. The first-order valence-corrected chi connectivity index (χ1v) is 5.96. The van der Waals surface area contributed by atoms with Crippen LogP contribution in [0, 0.1) is 17.1 Å². The molecule has 0 bridgehead atoms. The Morgan fingerprint density at radius 2 is 2.21 bits per heavy atom. The van der Waals surface area contributed by atoms with E-state index in [0.717, 1.165) is 6.07 Å². The summed E-state index contributed by atoms with van der Waals surface area (Å²) in [4.78, 5) is 11.9. The molecule has 1 atom stereocenters. The van der Waals surface area contributed by atoms with Crippen molar-refractivity contribution in [2.24, 2.45) is 0 Å². The highest BCUT2D eigenvalue weighted by Gasteiger charge is 2.19. The van der Waals surface area contributed by atoms with E-state index in [2.05, 4.69) is 5.32 Å². The normalized spacial score (nSPS) is 12.6. The number of amides is 1. The third kappa shape index (κ3) is 4.68. The second-order valence-electron chi connectivity index (χ2n) is 5.20. The van der Waals surface area contributed by atoms with Crippen LogP contribution in [0.15, 0.2) is 18.2 Å². The molecule has 0 aromatic heterocycles. The van der Waals surface area contributed by atoms with Gasteiger partial charge in [-0.25, -0.2) is 4.39 Å². The zero-order valence-corrected chi connectivity index (χ0v) is 11.2. The predicted molar refractivity (Wildman–Crippen MR) is 69.0 cm³/mol. The van der Waals surface area contributed by atoms with Crippen molar-refractivity contribution >= 4 is 5.91 Å². The third-order valence-electron chi connectivity index (χ3n) is 2.53. The molecule has 0 aliphatic carbocycles. The summed E-state index contributed by atoms with van der Waals surface area (Å²) < 4.78 is 13.1. The molecule has 0 fully saturated rings. The fourth-order valence-electron chi connectivity index (χ4n) is 1.86. The first-order valence-electron chi connectivity index (χ1n) is 5.96. The fourth-order valence-corrected chi connectivity index (χ4v) is 1.86. The lowest BCUT2D eigenvalue weighted by molar-refractivity contribution is 0.0593. The number of carbonyl (C=O) groups excluding carboxylic acids is 1. The molecule has 0 heterocycles. The monoisotopic (exact) mass is 264 g/mol. The van der Waals surface area contributed by atoms with Gasteiger partial charge in [-0.15, -0.1) is 0 Å². The van der Waals surface area contributed by atoms with Crippen LogP contribution in [0.5, 0.6) is 0 Å². The van der Waals surface area contributed by atoms with Crippen LogP contribution in [0.25, 0.3) is 0 Å². The maximum atomic E-state index is 13.1. The summed E-state index contributed by atoms with van der Waals surface area (Å²) in [5, 5.41) is 21.0. The lowest BCUT2D eigenvalue weighted by Gasteiger charge is -2.22. The molecule has 1 amide bonds. The van der Waals surface area contributed by atoms with Crippen molar-refractivity contribution in [1.82, 2.24) is 5.32 Å². The molecule has 1 aromatic carbocycles. The molecule has 19 heavy (non-hydrogen) atoms. The predicted octanol–water partition coefficient (Wildman–Crippen LogP) is 1.98. The van der Waals surface area contributed by atoms with E-state index >= 15 is 0 Å². The van der Waals surface area contributed by atoms with Gasteiger partial charge in [-0.2, -0.15) is 5.26 Å². The SMILES string of the molecule is CC(CC(C)(C)O)NC(=O)c1ccc(F)c(C#N)c1. The maximum absolute atomic E-state index is 13.1. The molecule has 0 aliphatic rings. The first kappa shape index (κ1) is 15.1. The van der Waals surface area contributed by atoms with Crippen molar-refractivity contribution in [1.29, 1.82) is 5.26 Å². The van der Waals surface area contributed by atoms with Crippen LogP contribution in [0.2, 0.25) is 0 Å². The number of benzene rings is 1. The number of rotatable bonds is 4. The summed E-state index contributed by atoms with van der Waals surface area (Å²) in [7, 11) is 0. The highest BCUT2D eigenvalue weighted by atomic mass is 19.1. The molecule has 0 radical (unpaired) electrons. The molecule has 0 saturated carbocycles. The van der Waals surface area contributed by atoms with E-state index < -0.39 is 17.3 Å². The molecule has 2 N–H and O–H groups in total. The van der Waals surface area contributed by atoms with Crippen LogP contribution in [-0.2, 0) is 0 Å². The molecule has 1 aromatic rings. The number of aliphatic hydroxyl groups is 1. The van der Waals surface area contributed by atoms with Gasteiger partial charge in [0.15, 0.2) is 0 Å². The highest BCUT2D eigenvalue weighted by Crippen LogP contribution is 2.12. The molecule has 0 spiro atoms. The zero-order valence-electron chi connectivity index (χ0n) is 11.2. The number of nitriles is 1. The van der Waals surface area contributed by atoms with Crippen molar-refractivity contribution in [2.75, 3.05) is 0 Å². The molecule has 102 valence electrons. The van der Waals surface area contributed by atoms with Crippen LogP contribution < -0.4 is 5.32 Å². The summed E-state index contributed by atoms with van der Waals surface area (Å²) in [6.45, 7) is 5.08. The second kappa shape index (κ2) is 5.81. The number of hydrogen-bond acceptors (Lipinski definition) is 3. The minimum Gasteiger partial charge on any atom is -0.390 e. The fraction of sp³-hybridized carbons (Fsp3) is 0.429. The Hall–Kier alpha value is -1.93. The third-order valence-corrected chi connectivity index (χ3v) is 2.53. The van der Waals surface area contributed by atoms with E-state index in [-0.39, 0.29) is 17.2 Å². The highest BCUT2D eigenvalue weighted by molar-refractivity contribution is 5.94. The van der Waals surface area contributed by atoms with Gasteiger partial charge in [0.1, 0.15) is 11.9 Å². The van der Waals surface area contributed by atoms with Crippen LogP contribution in [0.4, 0.5) is 4.39 Å². The molecular weight excluding hydrogens is 247 g/mol. The average molecular weight is 264 g/mol. The smallest absolute Gasteiger partial charge is 0.251 e. The number of nitrogens with one attached hydrogen (secondary N) is 1. The lowest BCUT2D eigenvalue weighted by atomic mass is 10.00. The van der Waals surface area contributed by atoms with Crippen LogP contribution >= 0.6 is 0 Å². The number of halogens is 1. The molecule has 0 aliphatic heterocycles. The first-order chi connectivity index (χ1) is 8.73. The summed E-state index contributed by atoms with van der Waals surface area (Å²) in [6, 6.07) is 5.08. The summed E-state index contributed by atoms with van der Waals surface area (Å²) >= 11 is 0. The molecule has 1 rings (SSSR count). The van der Waals surface area contributed by atoms with Gasteiger partial charge >= 0.3 is 0 Å². The van der Waals surface area contributed by atoms with E-state index in [1.165, 1.54) is 12.1 Å². The van der Waals surface area contributed by atoms with E-state index in [1.807, 2.05) is 0 Å². The zero-order chi connectivity index (χ0) is 14.6. The van der Waals surface area contributed by atoms with Gasteiger partial charge in [0, 0.05) is 11.6 Å². The number of hydrogen-bond donors (Lipinski definition) is 2. The number of nitrogens with zero attached hydrogens (tertiary/aromatic N) is 1. The van der Waals surface area contributed by atoms with Gasteiger partial charge in [0.25, 0.3) is 5.91 Å². The van der Waals surface area contributed by atoms with Gasteiger partial charge in [-0.3, -0.25) is 4.79 Å². The molecule has 4 nitrogen and oxygen atoms in total. The van der Waals surface area contributed by atoms with Gasteiger partial charge in [-0.05, 0) is 45.4 Å². The quantitative estimate of drug-likeness (QED) is 0.873. The standard InChI is InChI=1S/C14H17FN2O2/c1-9(7-14(2,3)19)17-13(18)10-4-5-12(15)11(6-10)8-16/h4-6,9,19H,7H2,1-3H3,(H,17,18). The van der Waals surface area contributed by atoms with Crippen molar-refractivity contribution in [3.05, 3.63) is 35.1 Å². The molecule has 0 saturated heterocycles. The van der Waals surface area contributed by atoms with Gasteiger partial charge in [-0.1, -0.05) is 0 Å². The number of carbonyl (C=O) groups is 1. The molecular formula is C14H17FN2O2. The Balaban J connectivity index is 2.77. The van der Waals surface area contributed by atoms with E-state index in [9.17, 15) is 14.3 Å². The van der Waals surface area contributed by atoms with Crippen molar-refractivity contribution in [2.45, 2.75) is 38.8 Å². The van der Waals surface area contributed by atoms with Crippen molar-refractivity contribution < 1.29 is 14.3 Å². The Morgan fingerprint density at radius 3 is 2.74 bits per heavy atom. The Bertz CT molecular complexity index is 515. The van der Waals surface area contributed by atoms with Crippen LogP contribution in [-0.4, -0.2) is 22.7 Å². The van der Waals surface area contributed by atoms with E-state index in [1.54, 1.807) is 26.8 Å². The van der Waals surface area contributed by atoms with Gasteiger partial charge in [0.05, 0.1) is 11.2 Å². The van der Waals surface area contributed by atoms with Crippen LogP contribution in [0.1, 0.15) is 43.1 Å². The second-order valence-corrected chi connectivity index (χ2v) is 5.20. The Morgan fingerprint density at radius 1 is 1.58 bits per heavy atom. The van der Waals surface area contributed by atoms with E-state index in [4.69, 9.17) is 5.26 Å². The Labute approximate surface area is 111 Å². The molecule has 1 unspecified atom stereocenters. The maximum Gasteiger partial charge on any atom is 0.251 e. The largest absolute Gasteiger partial charge is 0.390 e. The average Bonchev–Trinajstić information content (AvgIpc) is 2.26. The summed E-state index contributed by atoms with van der Waals surface area (Å²) in [6.07, 6.45) is 0.394. The lowest BCUT2D eigenvalue weighted by Crippen LogP contribution is -2.38. The van der Waals surface area contributed by atoms with Crippen LogP contribution in [0.3, 0.4) is 0 Å². The topological polar surface area (TPSA) is 73.1 Å². The van der Waals surface area contributed by atoms with Crippen molar-refractivity contribution in [3.8, 4) is 6.07 Å². The summed E-state index contributed by atoms with van der Waals surface area (Å²) in [5.74, 6) is -1.04. The minimum absolute atomic E-state index is 0.164. The van der Waals surface area contributed by atoms with Gasteiger partial charge in [0.2, 0.25) is 0 Å². The Kier molecular flexibility index (Phi) is 4.62.